The lowest BCUT2D eigenvalue weighted by Gasteiger charge is -1.91. The van der Waals surface area contributed by atoms with Crippen LogP contribution >= 0.6 is 34.4 Å². The van der Waals surface area contributed by atoms with E-state index >= 15 is 0 Å². The molecule has 0 aromatic carbocycles. The molecule has 70 valence electrons. The molecule has 2 rings (SSSR count). The van der Waals surface area contributed by atoms with Crippen LogP contribution in [-0.4, -0.2) is 4.98 Å². The average Bonchev–Trinajstić information content (AvgIpc) is 2.74. The Morgan fingerprint density at radius 3 is 3.07 bits per heavy atom. The van der Waals surface area contributed by atoms with Crippen molar-refractivity contribution in [3.63, 3.8) is 0 Å². The van der Waals surface area contributed by atoms with Gasteiger partial charge in [-0.05, 0) is 11.4 Å². The first-order chi connectivity index (χ1) is 6.81. The molecule has 0 fully saturated rings. The molecule has 0 aliphatic rings. The number of aromatic nitrogens is 1. The smallest absolute Gasteiger partial charge is 0.181 e. The Morgan fingerprint density at radius 2 is 2.43 bits per heavy atom. The molecule has 3 nitrogen and oxygen atoms in total. The van der Waals surface area contributed by atoms with Crippen molar-refractivity contribution in [3.8, 4) is 16.0 Å². The quantitative estimate of drug-likeness (QED) is 0.646. The summed E-state index contributed by atoms with van der Waals surface area (Å²) in [6, 6.07) is 3.93. The standard InChI is InChI=1S/C8H5N3S3/c9-4-13-7-6(11-8(10)14-7)5-2-1-3-12-5/h1-3H,(H2,10,11). The molecule has 0 aliphatic carbocycles. The number of hydrogen-bond donors (Lipinski definition) is 1. The number of nitrogens with zero attached hydrogens (tertiary/aromatic N) is 2. The lowest BCUT2D eigenvalue weighted by atomic mass is 10.4. The highest BCUT2D eigenvalue weighted by atomic mass is 32.2. The molecule has 0 saturated carbocycles. The lowest BCUT2D eigenvalue weighted by molar-refractivity contribution is 1.39. The largest absolute Gasteiger partial charge is 0.375 e. The predicted octanol–water partition coefficient (Wildman–Crippen LogP) is 3.03. The number of nitrogens with two attached hydrogens (primary N) is 1. The zero-order valence-electron chi connectivity index (χ0n) is 6.93. The summed E-state index contributed by atoms with van der Waals surface area (Å²) in [5.74, 6) is 0. The first-order valence-electron chi connectivity index (χ1n) is 3.67. The van der Waals surface area contributed by atoms with E-state index in [2.05, 4.69) is 4.98 Å². The number of thiophene rings is 1. The fourth-order valence-electron chi connectivity index (χ4n) is 1.00. The Morgan fingerprint density at radius 1 is 1.57 bits per heavy atom. The van der Waals surface area contributed by atoms with Gasteiger partial charge in [-0.3, -0.25) is 0 Å². The summed E-state index contributed by atoms with van der Waals surface area (Å²) in [6.07, 6.45) is 0. The number of rotatable bonds is 2. The fraction of sp³-hybridized carbons (Fsp3) is 0. The minimum atomic E-state index is 0.506. The minimum Gasteiger partial charge on any atom is -0.375 e. The summed E-state index contributed by atoms with van der Waals surface area (Å²) in [4.78, 5) is 5.26. The second kappa shape index (κ2) is 4.00. The van der Waals surface area contributed by atoms with Crippen LogP contribution < -0.4 is 5.73 Å². The van der Waals surface area contributed by atoms with Crippen molar-refractivity contribution in [1.29, 1.82) is 5.26 Å². The normalized spacial score (nSPS) is 9.93. The molecule has 0 amide bonds. The first-order valence-corrected chi connectivity index (χ1v) is 6.18. The van der Waals surface area contributed by atoms with Crippen LogP contribution in [-0.2, 0) is 0 Å². The van der Waals surface area contributed by atoms with Gasteiger partial charge in [-0.25, -0.2) is 4.98 Å². The molecule has 14 heavy (non-hydrogen) atoms. The molecule has 2 aromatic heterocycles. The highest BCUT2D eigenvalue weighted by molar-refractivity contribution is 8.05. The third-order valence-electron chi connectivity index (χ3n) is 1.51. The Balaban J connectivity index is 2.48. The molecule has 0 atom stereocenters. The van der Waals surface area contributed by atoms with Crippen LogP contribution in [0.15, 0.2) is 21.7 Å². The van der Waals surface area contributed by atoms with Crippen LogP contribution in [0.25, 0.3) is 10.6 Å². The van der Waals surface area contributed by atoms with Gasteiger partial charge in [-0.2, -0.15) is 5.26 Å². The summed E-state index contributed by atoms with van der Waals surface area (Å²) in [5, 5.41) is 13.1. The number of thiocyanates is 1. The van der Waals surface area contributed by atoms with E-state index in [4.69, 9.17) is 11.0 Å². The van der Waals surface area contributed by atoms with Gasteiger partial charge in [0.2, 0.25) is 0 Å². The fourth-order valence-corrected chi connectivity index (χ4v) is 3.30. The van der Waals surface area contributed by atoms with Crippen molar-refractivity contribution < 1.29 is 0 Å². The van der Waals surface area contributed by atoms with E-state index in [0.717, 1.165) is 26.5 Å². The van der Waals surface area contributed by atoms with E-state index in [1.807, 2.05) is 22.9 Å². The van der Waals surface area contributed by atoms with E-state index in [1.165, 1.54) is 11.3 Å². The first kappa shape index (κ1) is 9.52. The predicted molar refractivity (Wildman–Crippen MR) is 61.3 cm³/mol. The van der Waals surface area contributed by atoms with Crippen molar-refractivity contribution >= 4 is 39.6 Å². The average molecular weight is 239 g/mol. The van der Waals surface area contributed by atoms with Gasteiger partial charge in [0.1, 0.15) is 15.3 Å². The molecule has 0 saturated heterocycles. The molecule has 6 heteroatoms. The molecule has 0 unspecified atom stereocenters. The Kier molecular flexibility index (Phi) is 2.72. The molecule has 0 spiro atoms. The van der Waals surface area contributed by atoms with E-state index in [1.54, 1.807) is 11.3 Å². The molecular weight excluding hydrogens is 234 g/mol. The van der Waals surface area contributed by atoms with Crippen LogP contribution in [0.1, 0.15) is 0 Å². The summed E-state index contributed by atoms with van der Waals surface area (Å²) in [7, 11) is 0. The van der Waals surface area contributed by atoms with E-state index in [-0.39, 0.29) is 0 Å². The monoisotopic (exact) mass is 239 g/mol. The second-order valence-corrected chi connectivity index (χ2v) is 5.39. The third-order valence-corrected chi connectivity index (χ3v) is 4.03. The van der Waals surface area contributed by atoms with E-state index in [9.17, 15) is 0 Å². The zero-order chi connectivity index (χ0) is 9.97. The van der Waals surface area contributed by atoms with Crippen LogP contribution in [0.5, 0.6) is 0 Å². The highest BCUT2D eigenvalue weighted by Crippen LogP contribution is 2.38. The van der Waals surface area contributed by atoms with Gasteiger partial charge in [0.25, 0.3) is 0 Å². The molecule has 0 bridgehead atoms. The van der Waals surface area contributed by atoms with Gasteiger partial charge in [0.05, 0.1) is 4.88 Å². The summed E-state index contributed by atoms with van der Waals surface area (Å²) in [6.45, 7) is 0. The van der Waals surface area contributed by atoms with E-state index in [0.29, 0.717) is 5.13 Å². The number of nitrogen functional groups attached to an aromatic ring is 1. The Hall–Kier alpha value is -1.03. The Bertz CT molecular complexity index is 466. The Labute approximate surface area is 93.2 Å². The van der Waals surface area contributed by atoms with Crippen molar-refractivity contribution in [2.24, 2.45) is 0 Å². The van der Waals surface area contributed by atoms with Gasteiger partial charge in [-0.1, -0.05) is 17.4 Å². The van der Waals surface area contributed by atoms with Crippen molar-refractivity contribution in [3.05, 3.63) is 17.5 Å². The van der Waals surface area contributed by atoms with Crippen molar-refractivity contribution in [2.75, 3.05) is 5.73 Å². The molecule has 0 radical (unpaired) electrons. The number of thiazole rings is 1. The van der Waals surface area contributed by atoms with E-state index < -0.39 is 0 Å². The molecule has 2 N–H and O–H groups in total. The van der Waals surface area contributed by atoms with Gasteiger partial charge in [0.15, 0.2) is 5.13 Å². The maximum absolute atomic E-state index is 8.61. The van der Waals surface area contributed by atoms with Gasteiger partial charge >= 0.3 is 0 Å². The van der Waals surface area contributed by atoms with Crippen LogP contribution in [0.2, 0.25) is 0 Å². The second-order valence-electron chi connectivity index (χ2n) is 2.36. The van der Waals surface area contributed by atoms with Crippen LogP contribution in [0, 0.1) is 10.7 Å². The van der Waals surface area contributed by atoms with Crippen LogP contribution in [0.4, 0.5) is 5.13 Å². The maximum Gasteiger partial charge on any atom is 0.181 e. The van der Waals surface area contributed by atoms with Crippen LogP contribution in [0.3, 0.4) is 0 Å². The molecule has 2 aromatic rings. The summed E-state index contributed by atoms with van der Waals surface area (Å²) >= 11 is 4.06. The summed E-state index contributed by atoms with van der Waals surface area (Å²) in [5.41, 5.74) is 6.43. The number of anilines is 1. The topological polar surface area (TPSA) is 62.7 Å². The summed E-state index contributed by atoms with van der Waals surface area (Å²) < 4.78 is 0.868. The number of nitriles is 1. The van der Waals surface area contributed by atoms with Crippen molar-refractivity contribution in [1.82, 2.24) is 4.98 Å². The maximum atomic E-state index is 8.61. The molecule has 0 aliphatic heterocycles. The van der Waals surface area contributed by atoms with Gasteiger partial charge < -0.3 is 5.73 Å². The molecular formula is C8H5N3S3. The zero-order valence-corrected chi connectivity index (χ0v) is 9.38. The minimum absolute atomic E-state index is 0.506. The highest BCUT2D eigenvalue weighted by Gasteiger charge is 2.12. The van der Waals surface area contributed by atoms with Gasteiger partial charge in [-0.15, -0.1) is 11.3 Å². The number of thioether (sulfide) groups is 1. The number of hydrogen-bond acceptors (Lipinski definition) is 6. The van der Waals surface area contributed by atoms with Gasteiger partial charge in [0, 0.05) is 11.8 Å². The SMILES string of the molecule is N#CSc1sc(N)nc1-c1cccs1. The van der Waals surface area contributed by atoms with Crippen molar-refractivity contribution in [2.45, 2.75) is 4.21 Å². The third kappa shape index (κ3) is 1.75. The molecule has 2 heterocycles. The lowest BCUT2D eigenvalue weighted by Crippen LogP contribution is -1.81.